The molecule has 2 unspecified atom stereocenters. The lowest BCUT2D eigenvalue weighted by Gasteiger charge is -2.38. The molecule has 0 aliphatic carbocycles. The van der Waals surface area contributed by atoms with Gasteiger partial charge in [0.15, 0.2) is 0 Å². The summed E-state index contributed by atoms with van der Waals surface area (Å²) in [5, 5.41) is 9.79. The second-order valence-corrected chi connectivity index (χ2v) is 7.27. The highest BCUT2D eigenvalue weighted by atomic mass is 16.6. The van der Waals surface area contributed by atoms with Gasteiger partial charge in [-0.15, -0.1) is 0 Å². The summed E-state index contributed by atoms with van der Waals surface area (Å²) in [6.07, 6.45) is 0.518. The predicted molar refractivity (Wildman–Crippen MR) is 93.4 cm³/mol. The van der Waals surface area contributed by atoms with Gasteiger partial charge in [-0.25, -0.2) is 4.79 Å². The standard InChI is InChI=1S/C19H29NO4/c1-5-23-16-8-6-14(7-9-16)17-10-11-20(12-15(17)13-21)18(22)24-19(2,3)4/h6-9,15,17,21H,5,10-13H2,1-4H3. The van der Waals surface area contributed by atoms with Crippen molar-refractivity contribution in [3.05, 3.63) is 29.8 Å². The molecule has 1 heterocycles. The average Bonchev–Trinajstić information content (AvgIpc) is 2.54. The Morgan fingerprint density at radius 1 is 1.29 bits per heavy atom. The Bertz CT molecular complexity index is 535. The van der Waals surface area contributed by atoms with Gasteiger partial charge in [0.05, 0.1) is 6.61 Å². The predicted octanol–water partition coefficient (Wildman–Crippen LogP) is 3.42. The SMILES string of the molecule is CCOc1ccc(C2CCN(C(=O)OC(C)(C)C)CC2CO)cc1. The van der Waals surface area contributed by atoms with Gasteiger partial charge in [0.25, 0.3) is 0 Å². The maximum atomic E-state index is 12.2. The largest absolute Gasteiger partial charge is 0.494 e. The van der Waals surface area contributed by atoms with Crippen molar-refractivity contribution in [2.24, 2.45) is 5.92 Å². The van der Waals surface area contributed by atoms with Crippen LogP contribution in [-0.2, 0) is 4.74 Å². The molecule has 1 aromatic carbocycles. The third-order valence-corrected chi connectivity index (χ3v) is 4.24. The smallest absolute Gasteiger partial charge is 0.410 e. The van der Waals surface area contributed by atoms with E-state index < -0.39 is 5.60 Å². The third kappa shape index (κ3) is 4.87. The number of nitrogens with zero attached hydrogens (tertiary/aromatic N) is 1. The highest BCUT2D eigenvalue weighted by molar-refractivity contribution is 5.68. The summed E-state index contributed by atoms with van der Waals surface area (Å²) in [5.74, 6) is 1.11. The van der Waals surface area contributed by atoms with Crippen LogP contribution in [0.3, 0.4) is 0 Å². The quantitative estimate of drug-likeness (QED) is 0.916. The van der Waals surface area contributed by atoms with E-state index in [1.165, 1.54) is 5.56 Å². The van der Waals surface area contributed by atoms with Gasteiger partial charge in [0.1, 0.15) is 11.4 Å². The van der Waals surface area contributed by atoms with Crippen molar-refractivity contribution in [1.29, 1.82) is 0 Å². The van der Waals surface area contributed by atoms with E-state index in [0.717, 1.165) is 12.2 Å². The van der Waals surface area contributed by atoms with E-state index in [2.05, 4.69) is 12.1 Å². The number of ether oxygens (including phenoxy) is 2. The summed E-state index contributed by atoms with van der Waals surface area (Å²) in [5.41, 5.74) is 0.680. The van der Waals surface area contributed by atoms with E-state index in [1.807, 2.05) is 39.8 Å². The van der Waals surface area contributed by atoms with Gasteiger partial charge in [-0.05, 0) is 57.7 Å². The number of piperidine rings is 1. The number of aliphatic hydroxyl groups excluding tert-OH is 1. The molecule has 0 saturated carbocycles. The number of benzene rings is 1. The molecule has 5 heteroatoms. The Balaban J connectivity index is 2.03. The second kappa shape index (κ2) is 7.88. The van der Waals surface area contributed by atoms with Crippen LogP contribution in [0, 0.1) is 5.92 Å². The Morgan fingerprint density at radius 3 is 2.50 bits per heavy atom. The molecule has 1 saturated heterocycles. The minimum atomic E-state index is -0.502. The van der Waals surface area contributed by atoms with Crippen LogP contribution in [-0.4, -0.2) is 48.0 Å². The number of hydrogen-bond acceptors (Lipinski definition) is 4. The molecule has 2 atom stereocenters. The van der Waals surface area contributed by atoms with Crippen LogP contribution in [0.2, 0.25) is 0 Å². The van der Waals surface area contributed by atoms with Gasteiger partial charge in [0.2, 0.25) is 0 Å². The van der Waals surface area contributed by atoms with Gasteiger partial charge in [0, 0.05) is 25.6 Å². The second-order valence-electron chi connectivity index (χ2n) is 7.27. The van der Waals surface area contributed by atoms with E-state index in [9.17, 15) is 9.90 Å². The fourth-order valence-corrected chi connectivity index (χ4v) is 3.13. The number of carbonyl (C=O) groups is 1. The molecule has 0 bridgehead atoms. The van der Waals surface area contributed by atoms with Crippen LogP contribution in [0.15, 0.2) is 24.3 Å². The fraction of sp³-hybridized carbons (Fsp3) is 0.632. The van der Waals surface area contributed by atoms with Crippen molar-refractivity contribution in [3.8, 4) is 5.75 Å². The van der Waals surface area contributed by atoms with Crippen molar-refractivity contribution in [2.75, 3.05) is 26.3 Å². The Hall–Kier alpha value is -1.75. The van der Waals surface area contributed by atoms with Crippen LogP contribution >= 0.6 is 0 Å². The van der Waals surface area contributed by atoms with Crippen molar-refractivity contribution in [3.63, 3.8) is 0 Å². The van der Waals surface area contributed by atoms with Crippen LogP contribution < -0.4 is 4.74 Å². The van der Waals surface area contributed by atoms with Crippen molar-refractivity contribution in [2.45, 2.75) is 45.6 Å². The van der Waals surface area contributed by atoms with E-state index in [4.69, 9.17) is 9.47 Å². The molecule has 1 N–H and O–H groups in total. The molecule has 1 aliphatic rings. The lowest BCUT2D eigenvalue weighted by atomic mass is 9.81. The first-order valence-electron chi connectivity index (χ1n) is 8.65. The van der Waals surface area contributed by atoms with Crippen LogP contribution in [0.4, 0.5) is 4.79 Å². The highest BCUT2D eigenvalue weighted by Crippen LogP contribution is 2.34. The number of rotatable bonds is 4. The fourth-order valence-electron chi connectivity index (χ4n) is 3.13. The van der Waals surface area contributed by atoms with Crippen LogP contribution in [0.5, 0.6) is 5.75 Å². The minimum absolute atomic E-state index is 0.0178. The number of likely N-dealkylation sites (tertiary alicyclic amines) is 1. The molecule has 1 amide bonds. The summed E-state index contributed by atoms with van der Waals surface area (Å²) in [6, 6.07) is 8.05. The molecule has 1 aromatic rings. The number of aliphatic hydroxyl groups is 1. The Morgan fingerprint density at radius 2 is 1.96 bits per heavy atom. The van der Waals surface area contributed by atoms with Crippen LogP contribution in [0.25, 0.3) is 0 Å². The molecular weight excluding hydrogens is 306 g/mol. The zero-order valence-electron chi connectivity index (χ0n) is 15.1. The monoisotopic (exact) mass is 335 g/mol. The summed E-state index contributed by atoms with van der Waals surface area (Å²) in [6.45, 7) is 9.40. The molecule has 0 aromatic heterocycles. The normalized spacial score (nSPS) is 21.5. The number of hydrogen-bond donors (Lipinski definition) is 1. The lowest BCUT2D eigenvalue weighted by molar-refractivity contribution is 0.0102. The first-order valence-corrected chi connectivity index (χ1v) is 8.65. The van der Waals surface area contributed by atoms with Gasteiger partial charge < -0.3 is 19.5 Å². The van der Waals surface area contributed by atoms with Crippen LogP contribution in [0.1, 0.15) is 45.6 Å². The molecular formula is C19H29NO4. The summed E-state index contributed by atoms with van der Waals surface area (Å²) in [7, 11) is 0. The van der Waals surface area contributed by atoms with E-state index in [0.29, 0.717) is 19.7 Å². The molecule has 5 nitrogen and oxygen atoms in total. The maximum Gasteiger partial charge on any atom is 0.410 e. The zero-order chi connectivity index (χ0) is 17.7. The van der Waals surface area contributed by atoms with Gasteiger partial charge in [-0.3, -0.25) is 0 Å². The summed E-state index contributed by atoms with van der Waals surface area (Å²) < 4.78 is 10.9. The summed E-state index contributed by atoms with van der Waals surface area (Å²) in [4.78, 5) is 13.9. The van der Waals surface area contributed by atoms with Crippen molar-refractivity contribution >= 4 is 6.09 Å². The lowest BCUT2D eigenvalue weighted by Crippen LogP contribution is -2.46. The van der Waals surface area contributed by atoms with Gasteiger partial charge in [-0.2, -0.15) is 0 Å². The molecule has 1 fully saturated rings. The summed E-state index contributed by atoms with van der Waals surface area (Å²) >= 11 is 0. The average molecular weight is 335 g/mol. The Kier molecular flexibility index (Phi) is 6.10. The molecule has 134 valence electrons. The first kappa shape index (κ1) is 18.6. The molecule has 1 aliphatic heterocycles. The van der Waals surface area contributed by atoms with Crippen molar-refractivity contribution in [1.82, 2.24) is 4.90 Å². The minimum Gasteiger partial charge on any atom is -0.494 e. The van der Waals surface area contributed by atoms with E-state index in [-0.39, 0.29) is 24.5 Å². The third-order valence-electron chi connectivity index (χ3n) is 4.24. The van der Waals surface area contributed by atoms with E-state index in [1.54, 1.807) is 4.90 Å². The molecule has 2 rings (SSSR count). The number of amides is 1. The first-order chi connectivity index (χ1) is 11.3. The van der Waals surface area contributed by atoms with Gasteiger partial charge >= 0.3 is 6.09 Å². The Labute approximate surface area is 144 Å². The molecule has 0 spiro atoms. The highest BCUT2D eigenvalue weighted by Gasteiger charge is 2.33. The van der Waals surface area contributed by atoms with Crippen molar-refractivity contribution < 1.29 is 19.4 Å². The molecule has 0 radical (unpaired) electrons. The molecule has 24 heavy (non-hydrogen) atoms. The van der Waals surface area contributed by atoms with E-state index >= 15 is 0 Å². The van der Waals surface area contributed by atoms with Gasteiger partial charge in [-0.1, -0.05) is 12.1 Å². The maximum absolute atomic E-state index is 12.2. The number of carbonyl (C=O) groups excluding carboxylic acids is 1. The topological polar surface area (TPSA) is 59.0 Å². The zero-order valence-corrected chi connectivity index (χ0v) is 15.1.